The van der Waals surface area contributed by atoms with Crippen LogP contribution in [0.25, 0.3) is 0 Å². The number of carbonyl (C=O) groups excluding carboxylic acids is 2. The number of rotatable bonds is 4. The third-order valence-corrected chi connectivity index (χ3v) is 4.92. The molecular weight excluding hydrogens is 352 g/mol. The van der Waals surface area contributed by atoms with Crippen LogP contribution >= 0.6 is 0 Å². The lowest BCUT2D eigenvalue weighted by atomic mass is 9.90. The van der Waals surface area contributed by atoms with Crippen LogP contribution in [0.15, 0.2) is 42.5 Å². The van der Waals surface area contributed by atoms with Gasteiger partial charge in [-0.15, -0.1) is 0 Å². The van der Waals surface area contributed by atoms with Crippen molar-refractivity contribution in [1.82, 2.24) is 15.2 Å². The van der Waals surface area contributed by atoms with E-state index in [-0.39, 0.29) is 23.9 Å². The number of urea groups is 1. The number of aryl methyl sites for hydroxylation is 1. The molecule has 1 aromatic heterocycles. The second-order valence-electron chi connectivity index (χ2n) is 7.57. The average molecular weight is 380 g/mol. The van der Waals surface area contributed by atoms with Gasteiger partial charge in [0.1, 0.15) is 0 Å². The van der Waals surface area contributed by atoms with E-state index in [1.165, 1.54) is 0 Å². The maximum absolute atomic E-state index is 12.6. The van der Waals surface area contributed by atoms with Crippen LogP contribution in [-0.4, -0.2) is 41.0 Å². The van der Waals surface area contributed by atoms with Crippen molar-refractivity contribution in [2.45, 2.75) is 45.6 Å². The van der Waals surface area contributed by atoms with Gasteiger partial charge in [0, 0.05) is 36.4 Å². The summed E-state index contributed by atoms with van der Waals surface area (Å²) in [5.41, 5.74) is 3.19. The minimum absolute atomic E-state index is 0.0742. The molecule has 1 fully saturated rings. The van der Waals surface area contributed by atoms with Crippen LogP contribution in [-0.2, 0) is 0 Å². The molecule has 0 spiro atoms. The lowest BCUT2D eigenvalue weighted by molar-refractivity contribution is 0.0940. The maximum atomic E-state index is 12.6. The molecule has 0 radical (unpaired) electrons. The summed E-state index contributed by atoms with van der Waals surface area (Å²) in [4.78, 5) is 31.6. The van der Waals surface area contributed by atoms with Crippen molar-refractivity contribution >= 4 is 17.6 Å². The fraction of sp³-hybridized carbons (Fsp3) is 0.409. The van der Waals surface area contributed by atoms with E-state index in [0.717, 1.165) is 29.9 Å². The van der Waals surface area contributed by atoms with Gasteiger partial charge in [-0.25, -0.2) is 4.79 Å². The summed E-state index contributed by atoms with van der Waals surface area (Å²) >= 11 is 0. The molecule has 6 heteroatoms. The van der Waals surface area contributed by atoms with Gasteiger partial charge in [0.2, 0.25) is 0 Å². The molecule has 2 N–H and O–H groups in total. The van der Waals surface area contributed by atoms with Crippen molar-refractivity contribution in [3.8, 4) is 0 Å². The Morgan fingerprint density at radius 2 is 1.75 bits per heavy atom. The molecule has 0 aliphatic carbocycles. The zero-order valence-corrected chi connectivity index (χ0v) is 16.7. The second-order valence-corrected chi connectivity index (χ2v) is 7.57. The molecule has 2 heterocycles. The summed E-state index contributed by atoms with van der Waals surface area (Å²) in [5, 5.41) is 5.89. The Balaban J connectivity index is 1.67. The van der Waals surface area contributed by atoms with Gasteiger partial charge in [-0.1, -0.05) is 18.2 Å². The number of para-hydroxylation sites is 1. The number of carbonyl (C=O) groups is 2. The molecular formula is C22H28N4O2. The first-order chi connectivity index (χ1) is 13.4. The number of nitrogens with one attached hydrogen (secondary N) is 2. The van der Waals surface area contributed by atoms with E-state index >= 15 is 0 Å². The van der Waals surface area contributed by atoms with Crippen LogP contribution in [0.4, 0.5) is 10.5 Å². The Morgan fingerprint density at radius 1 is 1.07 bits per heavy atom. The molecule has 0 atom stereocenters. The predicted molar refractivity (Wildman–Crippen MR) is 111 cm³/mol. The zero-order valence-electron chi connectivity index (χ0n) is 16.7. The number of hydrogen-bond acceptors (Lipinski definition) is 3. The van der Waals surface area contributed by atoms with Crippen LogP contribution in [0.2, 0.25) is 0 Å². The van der Waals surface area contributed by atoms with Gasteiger partial charge in [-0.2, -0.15) is 0 Å². The number of pyridine rings is 1. The van der Waals surface area contributed by atoms with Gasteiger partial charge in [-0.3, -0.25) is 9.78 Å². The highest BCUT2D eigenvalue weighted by atomic mass is 16.2. The first-order valence-corrected chi connectivity index (χ1v) is 9.83. The molecule has 0 unspecified atom stereocenters. The average Bonchev–Trinajstić information content (AvgIpc) is 2.68. The van der Waals surface area contributed by atoms with Gasteiger partial charge >= 0.3 is 6.03 Å². The number of aromatic nitrogens is 1. The fourth-order valence-electron chi connectivity index (χ4n) is 3.50. The van der Waals surface area contributed by atoms with E-state index in [9.17, 15) is 9.59 Å². The minimum atomic E-state index is -0.0837. The zero-order chi connectivity index (χ0) is 20.1. The van der Waals surface area contributed by atoms with Crippen molar-refractivity contribution in [2.24, 2.45) is 0 Å². The molecule has 3 rings (SSSR count). The predicted octanol–water partition coefficient (Wildman–Crippen LogP) is 3.94. The summed E-state index contributed by atoms with van der Waals surface area (Å²) in [5.74, 6) is 0.0929. The van der Waals surface area contributed by atoms with Gasteiger partial charge in [-0.05, 0) is 57.9 Å². The van der Waals surface area contributed by atoms with Crippen molar-refractivity contribution in [1.29, 1.82) is 0 Å². The standard InChI is InChI=1S/C22H28N4O2/c1-15(2)23-21(27)19-10-9-16(3)24-20(19)17-11-13-26(14-12-17)22(28)25-18-7-5-4-6-8-18/h4-10,15,17H,11-14H2,1-3H3,(H,23,27)(H,25,28). The third-order valence-electron chi connectivity index (χ3n) is 4.92. The number of hydrogen-bond donors (Lipinski definition) is 2. The van der Waals surface area contributed by atoms with E-state index in [0.29, 0.717) is 18.7 Å². The van der Waals surface area contributed by atoms with Crippen molar-refractivity contribution < 1.29 is 9.59 Å². The fourth-order valence-corrected chi connectivity index (χ4v) is 3.50. The van der Waals surface area contributed by atoms with Crippen LogP contribution < -0.4 is 10.6 Å². The Bertz CT molecular complexity index is 828. The lowest BCUT2D eigenvalue weighted by Gasteiger charge is -2.32. The Hall–Kier alpha value is -2.89. The molecule has 148 valence electrons. The Kier molecular flexibility index (Phi) is 6.29. The number of likely N-dealkylation sites (tertiary alicyclic amines) is 1. The van der Waals surface area contributed by atoms with Gasteiger partial charge in [0.25, 0.3) is 5.91 Å². The summed E-state index contributed by atoms with van der Waals surface area (Å²) in [6.07, 6.45) is 1.58. The Morgan fingerprint density at radius 3 is 2.39 bits per heavy atom. The third kappa shape index (κ3) is 4.88. The number of benzene rings is 1. The van der Waals surface area contributed by atoms with E-state index in [2.05, 4.69) is 15.6 Å². The first-order valence-electron chi connectivity index (χ1n) is 9.83. The van der Waals surface area contributed by atoms with Crippen LogP contribution in [0.3, 0.4) is 0 Å². The molecule has 1 aliphatic rings. The smallest absolute Gasteiger partial charge is 0.321 e. The number of piperidine rings is 1. The highest BCUT2D eigenvalue weighted by Gasteiger charge is 2.28. The summed E-state index contributed by atoms with van der Waals surface area (Å²) in [6.45, 7) is 7.12. The summed E-state index contributed by atoms with van der Waals surface area (Å²) in [6, 6.07) is 13.2. The van der Waals surface area contributed by atoms with Crippen molar-refractivity contribution in [2.75, 3.05) is 18.4 Å². The minimum Gasteiger partial charge on any atom is -0.350 e. The molecule has 6 nitrogen and oxygen atoms in total. The molecule has 1 aliphatic heterocycles. The first kappa shape index (κ1) is 19.9. The van der Waals surface area contributed by atoms with Gasteiger partial charge in [0.15, 0.2) is 0 Å². The monoisotopic (exact) mass is 380 g/mol. The van der Waals surface area contributed by atoms with Crippen LogP contribution in [0.1, 0.15) is 54.4 Å². The number of nitrogens with zero attached hydrogens (tertiary/aromatic N) is 2. The molecule has 2 aromatic rings. The number of anilines is 1. The Labute approximate surface area is 166 Å². The van der Waals surface area contributed by atoms with E-state index in [4.69, 9.17) is 0 Å². The maximum Gasteiger partial charge on any atom is 0.321 e. The van der Waals surface area contributed by atoms with E-state index in [1.54, 1.807) is 0 Å². The molecule has 1 saturated heterocycles. The van der Waals surface area contributed by atoms with Gasteiger partial charge in [0.05, 0.1) is 11.3 Å². The van der Waals surface area contributed by atoms with E-state index < -0.39 is 0 Å². The number of amides is 3. The second kappa shape index (κ2) is 8.87. The summed E-state index contributed by atoms with van der Waals surface area (Å²) in [7, 11) is 0. The van der Waals surface area contributed by atoms with Gasteiger partial charge < -0.3 is 15.5 Å². The topological polar surface area (TPSA) is 74.3 Å². The van der Waals surface area contributed by atoms with Crippen molar-refractivity contribution in [3.63, 3.8) is 0 Å². The SMILES string of the molecule is Cc1ccc(C(=O)NC(C)C)c(C2CCN(C(=O)Nc3ccccc3)CC2)n1. The lowest BCUT2D eigenvalue weighted by Crippen LogP contribution is -2.41. The van der Waals surface area contributed by atoms with E-state index in [1.807, 2.05) is 68.1 Å². The highest BCUT2D eigenvalue weighted by Crippen LogP contribution is 2.29. The highest BCUT2D eigenvalue weighted by molar-refractivity contribution is 5.95. The molecule has 0 bridgehead atoms. The summed E-state index contributed by atoms with van der Waals surface area (Å²) < 4.78 is 0. The molecule has 1 aromatic carbocycles. The quantitative estimate of drug-likeness (QED) is 0.844. The van der Waals surface area contributed by atoms with Crippen molar-refractivity contribution in [3.05, 3.63) is 59.4 Å². The van der Waals surface area contributed by atoms with Crippen LogP contribution in [0.5, 0.6) is 0 Å². The molecule has 0 saturated carbocycles. The molecule has 3 amide bonds. The normalized spacial score (nSPS) is 14.8. The largest absolute Gasteiger partial charge is 0.350 e. The van der Waals surface area contributed by atoms with Crippen LogP contribution in [0, 0.1) is 6.92 Å². The molecule has 28 heavy (non-hydrogen) atoms.